The molecule has 0 unspecified atom stereocenters. The number of amidine groups is 1. The van der Waals surface area contributed by atoms with Gasteiger partial charge >= 0.3 is 0 Å². The largest absolute Gasteiger partial charge is 0.460 e. The van der Waals surface area contributed by atoms with Crippen molar-refractivity contribution in [3.05, 3.63) is 217 Å². The van der Waals surface area contributed by atoms with E-state index in [-0.39, 0.29) is 0 Å². The Bertz CT molecular complexity index is 2790. The number of fused-ring (bicyclic) bond motifs is 3. The molecule has 1 aliphatic rings. The average molecular weight is 721 g/mol. The summed E-state index contributed by atoms with van der Waals surface area (Å²) in [6.45, 7) is 6.58. The summed E-state index contributed by atoms with van der Waals surface area (Å²) in [7, 11) is 0. The van der Waals surface area contributed by atoms with Gasteiger partial charge in [0.1, 0.15) is 11.3 Å². The van der Waals surface area contributed by atoms with Gasteiger partial charge in [-0.3, -0.25) is 0 Å². The summed E-state index contributed by atoms with van der Waals surface area (Å²) in [5.41, 5.74) is 15.7. The highest BCUT2D eigenvalue weighted by Gasteiger charge is 2.25. The summed E-state index contributed by atoms with van der Waals surface area (Å²) in [5, 5.41) is 1.07. The quantitative estimate of drug-likeness (QED) is 0.114. The number of para-hydroxylation sites is 1. The third-order valence-corrected chi connectivity index (χ3v) is 10.6. The number of nitrogens with zero attached hydrogens (tertiary/aromatic N) is 2. The molecular weight excluding hydrogens is 681 g/mol. The van der Waals surface area contributed by atoms with Crippen LogP contribution in [0.25, 0.3) is 66.7 Å². The zero-order valence-corrected chi connectivity index (χ0v) is 31.3. The van der Waals surface area contributed by atoms with Crippen LogP contribution in [0.4, 0.5) is 0 Å². The van der Waals surface area contributed by atoms with E-state index < -0.39 is 0 Å². The fourth-order valence-electron chi connectivity index (χ4n) is 7.72. The van der Waals surface area contributed by atoms with E-state index in [2.05, 4.69) is 189 Å². The van der Waals surface area contributed by atoms with E-state index in [9.17, 15) is 0 Å². The highest BCUT2D eigenvalue weighted by atomic mass is 16.3. The van der Waals surface area contributed by atoms with Crippen molar-refractivity contribution >= 4 is 33.8 Å². The van der Waals surface area contributed by atoms with Gasteiger partial charge in [0.25, 0.3) is 0 Å². The predicted octanol–water partition coefficient (Wildman–Crippen LogP) is 14.0. The number of allylic oxidation sites excluding steroid dienone is 1. The molecule has 268 valence electrons. The first-order valence-electron chi connectivity index (χ1n) is 19.2. The maximum Gasteiger partial charge on any atom is 0.160 e. The Labute approximate surface area is 328 Å². The number of benzene rings is 7. The standard InChI is InChI=1S/C53H40N2O/c1-36(38-29-31-42(32-30-38)45-24-13-12-23-44(45)39-17-6-3-7-18-39)54-53(48-26-16-28-51-52(48)47-25-14-15-27-50(47)56-51)55-37(2)43-33-34-46(40-19-8-4-9-20-40)49(35-43)41-21-10-5-11-22-41/h3-15,17-27,29-35H,1,16,28H2,2H3/b54-53-,55-37+. The van der Waals surface area contributed by atoms with Crippen molar-refractivity contribution in [3.8, 4) is 44.5 Å². The smallest absolute Gasteiger partial charge is 0.160 e. The van der Waals surface area contributed by atoms with Gasteiger partial charge in [-0.15, -0.1) is 0 Å². The molecule has 0 spiro atoms. The minimum absolute atomic E-state index is 0.617. The Morgan fingerprint density at radius 3 is 1.68 bits per heavy atom. The summed E-state index contributed by atoms with van der Waals surface area (Å²) < 4.78 is 6.40. The molecule has 7 aromatic carbocycles. The zero-order chi connectivity index (χ0) is 37.8. The van der Waals surface area contributed by atoms with Gasteiger partial charge in [-0.2, -0.15) is 0 Å². The van der Waals surface area contributed by atoms with Crippen LogP contribution in [0.3, 0.4) is 0 Å². The third-order valence-electron chi connectivity index (χ3n) is 10.6. The Balaban J connectivity index is 1.13. The van der Waals surface area contributed by atoms with Crippen molar-refractivity contribution in [3.63, 3.8) is 0 Å². The minimum Gasteiger partial charge on any atom is -0.460 e. The Morgan fingerprint density at radius 1 is 0.518 bits per heavy atom. The molecule has 56 heavy (non-hydrogen) atoms. The van der Waals surface area contributed by atoms with Crippen molar-refractivity contribution in [2.75, 3.05) is 0 Å². The lowest BCUT2D eigenvalue weighted by Crippen LogP contribution is -2.09. The summed E-state index contributed by atoms with van der Waals surface area (Å²) in [6, 6.07) is 63.6. The van der Waals surface area contributed by atoms with E-state index in [0.29, 0.717) is 11.5 Å². The zero-order valence-electron chi connectivity index (χ0n) is 31.3. The normalized spacial score (nSPS) is 13.0. The van der Waals surface area contributed by atoms with Crippen LogP contribution >= 0.6 is 0 Å². The van der Waals surface area contributed by atoms with Crippen LogP contribution in [-0.2, 0) is 6.42 Å². The van der Waals surface area contributed by atoms with Crippen LogP contribution in [0, 0.1) is 0 Å². The Hall–Kier alpha value is -7.10. The summed E-state index contributed by atoms with van der Waals surface area (Å²) in [4.78, 5) is 10.6. The molecule has 1 aromatic heterocycles. The lowest BCUT2D eigenvalue weighted by molar-refractivity contribution is 0.546. The van der Waals surface area contributed by atoms with Gasteiger partial charge in [0.05, 0.1) is 5.70 Å². The molecule has 0 fully saturated rings. The van der Waals surface area contributed by atoms with Gasteiger partial charge in [0.2, 0.25) is 0 Å². The van der Waals surface area contributed by atoms with E-state index >= 15 is 0 Å². The summed E-state index contributed by atoms with van der Waals surface area (Å²) >= 11 is 0. The molecule has 0 saturated carbocycles. The van der Waals surface area contributed by atoms with Gasteiger partial charge in [-0.25, -0.2) is 9.98 Å². The first kappa shape index (κ1) is 34.7. The summed E-state index contributed by atoms with van der Waals surface area (Å²) in [6.07, 6.45) is 3.92. The molecule has 9 rings (SSSR count). The third kappa shape index (κ3) is 6.87. The van der Waals surface area contributed by atoms with Gasteiger partial charge in [0, 0.05) is 28.7 Å². The molecule has 1 heterocycles. The molecule has 0 atom stereocenters. The number of rotatable bonds is 8. The van der Waals surface area contributed by atoms with Crippen LogP contribution in [0.5, 0.6) is 0 Å². The molecule has 0 radical (unpaired) electrons. The highest BCUT2D eigenvalue weighted by Crippen LogP contribution is 2.39. The Kier molecular flexibility index (Phi) is 9.49. The molecule has 3 heteroatoms. The topological polar surface area (TPSA) is 37.9 Å². The SMILES string of the molecule is C=C(/N=C(\N=C(/C)c1ccc(-c2ccccc2)c(-c2ccccc2)c1)C1=CCCc2oc3ccccc3c21)c1ccc(-c2ccccc2-c2ccccc2)cc1. The van der Waals surface area contributed by atoms with Crippen LogP contribution in [0.15, 0.2) is 209 Å². The second-order valence-corrected chi connectivity index (χ2v) is 14.1. The summed E-state index contributed by atoms with van der Waals surface area (Å²) in [5.74, 6) is 1.58. The van der Waals surface area contributed by atoms with Gasteiger partial charge in [-0.05, 0) is 81.1 Å². The molecule has 0 N–H and O–H groups in total. The van der Waals surface area contributed by atoms with Gasteiger partial charge < -0.3 is 4.42 Å². The molecule has 8 aromatic rings. The fraction of sp³-hybridized carbons (Fsp3) is 0.0566. The van der Waals surface area contributed by atoms with E-state index in [0.717, 1.165) is 74.2 Å². The molecule has 0 bridgehead atoms. The van der Waals surface area contributed by atoms with Crippen molar-refractivity contribution < 1.29 is 4.42 Å². The molecule has 0 amide bonds. The van der Waals surface area contributed by atoms with Crippen LogP contribution < -0.4 is 0 Å². The van der Waals surface area contributed by atoms with Crippen LogP contribution in [0.1, 0.15) is 35.8 Å². The van der Waals surface area contributed by atoms with Crippen molar-refractivity contribution in [1.29, 1.82) is 0 Å². The number of hydrogen-bond acceptors (Lipinski definition) is 2. The van der Waals surface area contributed by atoms with Gasteiger partial charge in [0.15, 0.2) is 5.84 Å². The van der Waals surface area contributed by atoms with Crippen LogP contribution in [-0.4, -0.2) is 11.5 Å². The number of hydrogen-bond donors (Lipinski definition) is 0. The number of aliphatic imine (C=N–C) groups is 2. The van der Waals surface area contributed by atoms with Crippen molar-refractivity contribution in [1.82, 2.24) is 0 Å². The maximum absolute atomic E-state index is 6.40. The van der Waals surface area contributed by atoms with E-state index in [1.807, 2.05) is 12.1 Å². The monoisotopic (exact) mass is 720 g/mol. The van der Waals surface area contributed by atoms with Crippen molar-refractivity contribution in [2.45, 2.75) is 19.8 Å². The lowest BCUT2D eigenvalue weighted by Gasteiger charge is -2.16. The fourth-order valence-corrected chi connectivity index (χ4v) is 7.72. The van der Waals surface area contributed by atoms with Gasteiger partial charge in [-0.1, -0.05) is 183 Å². The number of aryl methyl sites for hydroxylation is 1. The number of furan rings is 1. The molecule has 1 aliphatic carbocycles. The van der Waals surface area contributed by atoms with Crippen molar-refractivity contribution in [2.24, 2.45) is 9.98 Å². The second kappa shape index (κ2) is 15.3. The van der Waals surface area contributed by atoms with Crippen LogP contribution in [0.2, 0.25) is 0 Å². The molecule has 0 aliphatic heterocycles. The maximum atomic E-state index is 6.40. The first-order valence-corrected chi connectivity index (χ1v) is 19.2. The van der Waals surface area contributed by atoms with E-state index in [1.54, 1.807) is 0 Å². The second-order valence-electron chi connectivity index (χ2n) is 14.1. The highest BCUT2D eigenvalue weighted by molar-refractivity contribution is 6.30. The van der Waals surface area contributed by atoms with E-state index in [1.165, 1.54) is 27.8 Å². The lowest BCUT2D eigenvalue weighted by atomic mass is 9.91. The first-order chi connectivity index (χ1) is 27.6. The predicted molar refractivity (Wildman–Crippen MR) is 236 cm³/mol. The van der Waals surface area contributed by atoms with E-state index in [4.69, 9.17) is 14.4 Å². The Morgan fingerprint density at radius 2 is 1.04 bits per heavy atom. The minimum atomic E-state index is 0.617. The molecule has 3 nitrogen and oxygen atoms in total. The molecular formula is C53H40N2O. The molecule has 0 saturated heterocycles. The average Bonchev–Trinajstić information content (AvgIpc) is 3.66.